The van der Waals surface area contributed by atoms with Crippen LogP contribution in [0.1, 0.15) is 142 Å². The Hall–Kier alpha value is -5.05. The Balaban J connectivity index is 4.51. The smallest absolute Gasteiger partial charge is 0.362 e. The molecule has 8 nitrogen and oxygen atoms in total. The zero-order chi connectivity index (χ0) is 49.2. The molecule has 0 aromatic heterocycles. The third kappa shape index (κ3) is 45.9. The largest absolute Gasteiger partial charge is 0.477 e. The first-order valence-corrected chi connectivity index (χ1v) is 25.0. The van der Waals surface area contributed by atoms with Crippen LogP contribution in [0.5, 0.6) is 0 Å². The average molecular weight is 925 g/mol. The van der Waals surface area contributed by atoms with Gasteiger partial charge in [-0.25, -0.2) is 4.79 Å². The topological polar surface area (TPSA) is 99.1 Å². The lowest BCUT2D eigenvalue weighted by molar-refractivity contribution is -0.887. The molecular formula is C59H90NO7+. The van der Waals surface area contributed by atoms with Gasteiger partial charge >= 0.3 is 17.9 Å². The summed E-state index contributed by atoms with van der Waals surface area (Å²) < 4.78 is 17.2. The van der Waals surface area contributed by atoms with E-state index in [1.807, 2.05) is 21.1 Å². The molecule has 0 aliphatic carbocycles. The zero-order valence-corrected chi connectivity index (χ0v) is 42.3. The van der Waals surface area contributed by atoms with Crippen molar-refractivity contribution in [3.05, 3.63) is 158 Å². The third-order valence-corrected chi connectivity index (χ3v) is 9.92. The highest BCUT2D eigenvalue weighted by molar-refractivity contribution is 5.72. The van der Waals surface area contributed by atoms with Crippen molar-refractivity contribution in [3.63, 3.8) is 0 Å². The standard InChI is InChI=1S/C59H89NO7/c1-6-8-10-12-14-16-18-20-22-24-26-28-29-30-32-33-35-37-39-41-43-45-47-49-57(61)66-54-55(53-65-52-51-56(59(63)64)60(3,4)5)67-58(62)50-48-46-44-42-40-38-36-34-31-27-25-23-21-19-17-15-13-11-9-7-2/h8-11,14-17,20-23,26-28,30-32,35-38,41-44,55-56H,6-7,12-13,18-19,24-25,29,33-34,39-40,45-54H2,1-5H3/p+1/b10-8+,11-9+,16-14+,17-15+,22-20+,23-21+,28-26+,31-27+,32-30+,37-35+,38-36+,43-41+,44-42+. The van der Waals surface area contributed by atoms with Gasteiger partial charge in [-0.1, -0.05) is 172 Å². The fourth-order valence-corrected chi connectivity index (χ4v) is 6.15. The van der Waals surface area contributed by atoms with E-state index in [-0.39, 0.29) is 49.1 Å². The fourth-order valence-electron chi connectivity index (χ4n) is 6.15. The molecule has 0 spiro atoms. The van der Waals surface area contributed by atoms with Crippen molar-refractivity contribution in [2.24, 2.45) is 0 Å². The molecule has 0 heterocycles. The van der Waals surface area contributed by atoms with E-state index < -0.39 is 18.1 Å². The molecule has 0 aliphatic rings. The summed E-state index contributed by atoms with van der Waals surface area (Å²) in [6.07, 6.45) is 71.7. The molecule has 67 heavy (non-hydrogen) atoms. The van der Waals surface area contributed by atoms with E-state index in [0.29, 0.717) is 19.3 Å². The van der Waals surface area contributed by atoms with Crippen molar-refractivity contribution in [1.82, 2.24) is 0 Å². The van der Waals surface area contributed by atoms with Gasteiger partial charge in [-0.15, -0.1) is 0 Å². The molecule has 0 aliphatic heterocycles. The summed E-state index contributed by atoms with van der Waals surface area (Å²) >= 11 is 0. The lowest BCUT2D eigenvalue weighted by Crippen LogP contribution is -2.50. The highest BCUT2D eigenvalue weighted by atomic mass is 16.6. The molecule has 0 fully saturated rings. The molecule has 2 atom stereocenters. The van der Waals surface area contributed by atoms with Gasteiger partial charge in [0, 0.05) is 19.3 Å². The summed E-state index contributed by atoms with van der Waals surface area (Å²) in [5.74, 6) is -1.65. The first-order valence-electron chi connectivity index (χ1n) is 25.0. The van der Waals surface area contributed by atoms with Crippen molar-refractivity contribution in [2.75, 3.05) is 41.0 Å². The normalized spacial score (nSPS) is 14.2. The molecule has 0 bridgehead atoms. The minimum Gasteiger partial charge on any atom is -0.477 e. The number of carbonyl (C=O) groups excluding carboxylic acids is 2. The molecule has 0 amide bonds. The van der Waals surface area contributed by atoms with Crippen LogP contribution in [0.2, 0.25) is 0 Å². The number of likely N-dealkylation sites (N-methyl/N-ethyl adjacent to an activating group) is 1. The van der Waals surface area contributed by atoms with E-state index >= 15 is 0 Å². The summed E-state index contributed by atoms with van der Waals surface area (Å²) in [5.41, 5.74) is 0. The molecule has 2 unspecified atom stereocenters. The number of carboxylic acids is 1. The lowest BCUT2D eigenvalue weighted by atomic mass is 10.1. The zero-order valence-electron chi connectivity index (χ0n) is 42.3. The Morgan fingerprint density at radius 2 is 0.761 bits per heavy atom. The molecule has 372 valence electrons. The van der Waals surface area contributed by atoms with Crippen LogP contribution in [-0.4, -0.2) is 80.6 Å². The van der Waals surface area contributed by atoms with Gasteiger partial charge in [0.15, 0.2) is 12.1 Å². The predicted octanol–water partition coefficient (Wildman–Crippen LogP) is 14.7. The molecule has 0 radical (unpaired) electrons. The predicted molar refractivity (Wildman–Crippen MR) is 284 cm³/mol. The highest BCUT2D eigenvalue weighted by Crippen LogP contribution is 2.11. The van der Waals surface area contributed by atoms with Gasteiger partial charge in [-0.05, 0) is 109 Å². The molecule has 0 aromatic rings. The van der Waals surface area contributed by atoms with Gasteiger partial charge in [0.05, 0.1) is 34.4 Å². The summed E-state index contributed by atoms with van der Waals surface area (Å²) in [6, 6.07) is -0.646. The fraction of sp³-hybridized carbons (Fsp3) is 0.508. The van der Waals surface area contributed by atoms with E-state index in [2.05, 4.69) is 172 Å². The minimum atomic E-state index is -0.900. The van der Waals surface area contributed by atoms with Crippen LogP contribution < -0.4 is 0 Å². The molecule has 1 N–H and O–H groups in total. The molecule has 0 saturated heterocycles. The number of esters is 2. The van der Waals surface area contributed by atoms with Crippen LogP contribution in [0, 0.1) is 0 Å². The number of allylic oxidation sites excluding steroid dienone is 26. The minimum absolute atomic E-state index is 0.00693. The van der Waals surface area contributed by atoms with E-state index in [4.69, 9.17) is 14.2 Å². The van der Waals surface area contributed by atoms with Crippen LogP contribution in [0.3, 0.4) is 0 Å². The van der Waals surface area contributed by atoms with Gasteiger partial charge in [0.25, 0.3) is 0 Å². The second kappa shape index (κ2) is 47.4. The van der Waals surface area contributed by atoms with Crippen LogP contribution in [0.25, 0.3) is 0 Å². The number of quaternary nitrogens is 1. The second-order valence-electron chi connectivity index (χ2n) is 17.0. The third-order valence-electron chi connectivity index (χ3n) is 9.92. The monoisotopic (exact) mass is 925 g/mol. The number of unbranched alkanes of at least 4 members (excludes halogenated alkanes) is 2. The molecule has 0 aromatic carbocycles. The van der Waals surface area contributed by atoms with Crippen molar-refractivity contribution in [2.45, 2.75) is 154 Å². The molecule has 0 saturated carbocycles. The Bertz CT molecular complexity index is 1640. The second-order valence-corrected chi connectivity index (χ2v) is 17.0. The van der Waals surface area contributed by atoms with Crippen molar-refractivity contribution >= 4 is 17.9 Å². The number of carboxylic acid groups (broad SMARTS) is 1. The summed E-state index contributed by atoms with van der Waals surface area (Å²) in [4.78, 5) is 37.1. The van der Waals surface area contributed by atoms with Crippen LogP contribution in [0.4, 0.5) is 0 Å². The Kier molecular flexibility index (Phi) is 43.9. The molecular weight excluding hydrogens is 835 g/mol. The highest BCUT2D eigenvalue weighted by Gasteiger charge is 2.31. The first kappa shape index (κ1) is 62.0. The molecule has 0 rings (SSSR count). The lowest BCUT2D eigenvalue weighted by Gasteiger charge is -2.31. The van der Waals surface area contributed by atoms with Gasteiger partial charge in [-0.3, -0.25) is 9.59 Å². The van der Waals surface area contributed by atoms with Gasteiger partial charge in [0.1, 0.15) is 6.61 Å². The Morgan fingerprint density at radius 1 is 0.448 bits per heavy atom. The van der Waals surface area contributed by atoms with Gasteiger partial charge in [-0.2, -0.15) is 0 Å². The number of hydrogen-bond donors (Lipinski definition) is 1. The maximum atomic E-state index is 12.8. The number of ether oxygens (including phenoxy) is 3. The average Bonchev–Trinajstić information content (AvgIpc) is 3.29. The summed E-state index contributed by atoms with van der Waals surface area (Å²) in [7, 11) is 5.47. The van der Waals surface area contributed by atoms with E-state index in [1.165, 1.54) is 0 Å². The number of carbonyl (C=O) groups is 3. The van der Waals surface area contributed by atoms with Crippen molar-refractivity contribution in [1.29, 1.82) is 0 Å². The van der Waals surface area contributed by atoms with Crippen LogP contribution in [0.15, 0.2) is 158 Å². The SMILES string of the molecule is CC/C=C/C/C=C/C/C=C/C/C=C/C/C=C/C/C=C/C/C=C/CCCC(=O)OCC(COCCC(C(=O)O)[N+](C)(C)C)OC(=O)CCC/C=C/C/C=C/C/C=C/C/C=C/C/C=C/C/C=C/CC. The summed E-state index contributed by atoms with van der Waals surface area (Å²) in [6.45, 7) is 4.35. The van der Waals surface area contributed by atoms with E-state index in [0.717, 1.165) is 96.3 Å². The van der Waals surface area contributed by atoms with Gasteiger partial charge < -0.3 is 23.8 Å². The Morgan fingerprint density at radius 3 is 1.07 bits per heavy atom. The number of nitrogens with zero attached hydrogens (tertiary/aromatic N) is 1. The quantitative estimate of drug-likeness (QED) is 0.0282. The number of hydrogen-bond acceptors (Lipinski definition) is 6. The number of rotatable bonds is 42. The molecule has 8 heteroatoms. The van der Waals surface area contributed by atoms with Crippen molar-refractivity contribution in [3.8, 4) is 0 Å². The maximum Gasteiger partial charge on any atom is 0.362 e. The maximum absolute atomic E-state index is 12.8. The Labute approximate surface area is 408 Å². The van der Waals surface area contributed by atoms with E-state index in [9.17, 15) is 19.5 Å². The van der Waals surface area contributed by atoms with Crippen LogP contribution >= 0.6 is 0 Å². The van der Waals surface area contributed by atoms with Crippen molar-refractivity contribution < 1.29 is 38.2 Å². The first-order chi connectivity index (χ1) is 32.6. The van der Waals surface area contributed by atoms with Gasteiger partial charge in [0.2, 0.25) is 0 Å². The van der Waals surface area contributed by atoms with Crippen LogP contribution in [-0.2, 0) is 28.6 Å². The number of aliphatic carboxylic acids is 1. The summed E-state index contributed by atoms with van der Waals surface area (Å²) in [5, 5.41) is 9.65. The van der Waals surface area contributed by atoms with E-state index in [1.54, 1.807) is 0 Å².